The Labute approximate surface area is 442 Å². The standard InChI is InChI=1S/C55H57F4N9O10/c1-4-54(76)39-19-43-48-36(24-67(43)50(72)37(39)25-77-51(54)73)32-7-5-6-31-34(40(56)20-41(61-48)47(31)32)16-29-23-66(53(75)78-26-46(60)71)11-10-42(29)65-14-12-64(13-15-65)22-28-8-9-30(17-38(28)55(57,58)59)68-49(62-63-52(68)74)35-18-33(27(2)3)44(69)21-45(35)70/h8-9,17-21,27,29,42,69-70,76H,4-7,10-16,22-26H2,1-3H3,(H2,60,71)(H,63,74)/t29?,42?,54-/m0/s1. The second-order valence-electron chi connectivity index (χ2n) is 21.3. The monoisotopic (exact) mass is 1080 g/mol. The van der Waals surface area contributed by atoms with Gasteiger partial charge in [0.25, 0.3) is 11.5 Å². The van der Waals surface area contributed by atoms with Crippen LogP contribution in [0, 0.1) is 11.7 Å². The van der Waals surface area contributed by atoms with E-state index in [9.17, 15) is 52.5 Å². The zero-order valence-electron chi connectivity index (χ0n) is 43.0. The number of cyclic esters (lactones) is 1. The molecule has 2 amide bonds. The van der Waals surface area contributed by atoms with E-state index >= 15 is 4.39 Å². The van der Waals surface area contributed by atoms with Gasteiger partial charge in [-0.2, -0.15) is 18.3 Å². The smallest absolute Gasteiger partial charge is 0.416 e. The molecule has 2 fully saturated rings. The van der Waals surface area contributed by atoms with Crippen LogP contribution in [-0.2, 0) is 69.8 Å². The number of aromatic amines is 1. The lowest BCUT2D eigenvalue weighted by atomic mass is 9.79. The molecule has 7 heterocycles. The molecule has 0 spiro atoms. The number of aromatic hydroxyl groups is 2. The van der Waals surface area contributed by atoms with E-state index in [0.717, 1.165) is 38.8 Å². The quantitative estimate of drug-likeness (QED) is 0.0796. The fourth-order valence-electron chi connectivity index (χ4n) is 12.5. The number of carbonyl (C=O) groups is 3. The number of alkyl halides is 3. The first-order valence-corrected chi connectivity index (χ1v) is 26.1. The molecule has 410 valence electrons. The van der Waals surface area contributed by atoms with E-state index in [0.29, 0.717) is 79.9 Å². The highest BCUT2D eigenvalue weighted by Crippen LogP contribution is 2.45. The molecule has 3 aromatic heterocycles. The lowest BCUT2D eigenvalue weighted by molar-refractivity contribution is -0.172. The van der Waals surface area contributed by atoms with Crippen LogP contribution >= 0.6 is 0 Å². The number of likely N-dealkylation sites (tertiary alicyclic amines) is 1. The number of esters is 1. The molecule has 5 aliphatic rings. The molecule has 0 saturated carbocycles. The van der Waals surface area contributed by atoms with Gasteiger partial charge >= 0.3 is 23.9 Å². The molecule has 6 N–H and O–H groups in total. The van der Waals surface area contributed by atoms with Gasteiger partial charge in [0.15, 0.2) is 18.0 Å². The number of nitrogens with zero attached hydrogens (tertiary/aromatic N) is 7. The number of carbonyl (C=O) groups excluding carboxylic acids is 3. The summed E-state index contributed by atoms with van der Waals surface area (Å²) in [6, 6.07) is 8.95. The Hall–Kier alpha value is -7.63. The molecule has 23 heteroatoms. The maximum Gasteiger partial charge on any atom is 0.416 e. The van der Waals surface area contributed by atoms with Crippen LogP contribution in [0.1, 0.15) is 96.0 Å². The number of aliphatic hydroxyl groups is 1. The number of hydrogen-bond donors (Lipinski definition) is 5. The Balaban J connectivity index is 0.866. The van der Waals surface area contributed by atoms with Gasteiger partial charge in [0.1, 0.15) is 23.9 Å². The van der Waals surface area contributed by atoms with Gasteiger partial charge in [0, 0.05) is 80.5 Å². The zero-order chi connectivity index (χ0) is 55.3. The van der Waals surface area contributed by atoms with Crippen LogP contribution in [-0.4, -0.2) is 124 Å². The number of nitrogens with one attached hydrogen (secondary N) is 1. The van der Waals surface area contributed by atoms with E-state index in [1.807, 2.05) is 4.90 Å². The average Bonchev–Trinajstić information content (AvgIpc) is 4.08. The molecule has 19 nitrogen and oxygen atoms in total. The largest absolute Gasteiger partial charge is 0.508 e. The van der Waals surface area contributed by atoms with E-state index in [1.54, 1.807) is 31.4 Å². The molecule has 4 aliphatic heterocycles. The number of piperazine rings is 1. The number of benzene rings is 3. The molecule has 3 atom stereocenters. The highest BCUT2D eigenvalue weighted by Gasteiger charge is 2.46. The number of nitrogens with two attached hydrogens (primary N) is 1. The van der Waals surface area contributed by atoms with E-state index in [2.05, 4.69) is 15.1 Å². The summed E-state index contributed by atoms with van der Waals surface area (Å²) >= 11 is 0. The Morgan fingerprint density at radius 1 is 0.974 bits per heavy atom. The lowest BCUT2D eigenvalue weighted by Gasteiger charge is -2.47. The normalized spacial score (nSPS) is 20.4. The van der Waals surface area contributed by atoms with Gasteiger partial charge in [-0.1, -0.05) is 26.8 Å². The van der Waals surface area contributed by atoms with E-state index in [1.165, 1.54) is 29.2 Å². The van der Waals surface area contributed by atoms with Crippen molar-refractivity contribution in [2.45, 2.75) is 103 Å². The minimum Gasteiger partial charge on any atom is -0.508 e. The molecule has 3 aromatic carbocycles. The van der Waals surface area contributed by atoms with Crippen LogP contribution in [0.5, 0.6) is 11.5 Å². The molecular weight excluding hydrogens is 1020 g/mol. The third-order valence-corrected chi connectivity index (χ3v) is 16.5. The number of pyridine rings is 2. The third-order valence-electron chi connectivity index (χ3n) is 16.5. The number of aromatic nitrogens is 5. The summed E-state index contributed by atoms with van der Waals surface area (Å²) in [5.74, 6) is -3.50. The van der Waals surface area contributed by atoms with Gasteiger partial charge < -0.3 is 40.0 Å². The van der Waals surface area contributed by atoms with E-state index in [-0.39, 0.29) is 103 Å². The molecule has 2 saturated heterocycles. The number of hydrogen-bond acceptors (Lipinski definition) is 14. The number of phenols is 2. The highest BCUT2D eigenvalue weighted by molar-refractivity contribution is 5.93. The first-order chi connectivity index (χ1) is 37.1. The van der Waals surface area contributed by atoms with Gasteiger partial charge in [0.2, 0.25) is 0 Å². The zero-order valence-corrected chi connectivity index (χ0v) is 43.0. The van der Waals surface area contributed by atoms with E-state index in [4.69, 9.17) is 20.2 Å². The topological polar surface area (TPSA) is 252 Å². The molecule has 78 heavy (non-hydrogen) atoms. The summed E-state index contributed by atoms with van der Waals surface area (Å²) in [5, 5.41) is 39.7. The summed E-state index contributed by atoms with van der Waals surface area (Å²) in [6.45, 7) is 6.42. The van der Waals surface area contributed by atoms with Gasteiger partial charge in [-0.3, -0.25) is 19.4 Å². The minimum atomic E-state index is -4.83. The van der Waals surface area contributed by atoms with Crippen molar-refractivity contribution in [2.75, 3.05) is 45.9 Å². The Kier molecular flexibility index (Phi) is 13.2. The number of aryl methyl sites for hydroxylation is 2. The van der Waals surface area contributed by atoms with Crippen molar-refractivity contribution in [3.63, 3.8) is 0 Å². The molecule has 1 aliphatic carbocycles. The van der Waals surface area contributed by atoms with Crippen molar-refractivity contribution in [2.24, 2.45) is 11.7 Å². The molecule has 0 radical (unpaired) electrons. The number of halogens is 4. The molecular formula is C55H57F4N9O10. The first-order valence-electron chi connectivity index (χ1n) is 26.1. The number of primary amides is 1. The number of H-pyrrole nitrogens is 1. The summed E-state index contributed by atoms with van der Waals surface area (Å²) in [7, 11) is 0. The van der Waals surface area contributed by atoms with Crippen molar-refractivity contribution < 1.29 is 56.7 Å². The van der Waals surface area contributed by atoms with Crippen molar-refractivity contribution in [1.82, 2.24) is 39.0 Å². The predicted octanol–water partition coefficient (Wildman–Crippen LogP) is 5.47. The Morgan fingerprint density at radius 2 is 1.73 bits per heavy atom. The van der Waals surface area contributed by atoms with Crippen molar-refractivity contribution in [3.05, 3.63) is 119 Å². The number of amides is 2. The van der Waals surface area contributed by atoms with Gasteiger partial charge in [0.05, 0.1) is 45.8 Å². The van der Waals surface area contributed by atoms with Gasteiger partial charge in [-0.25, -0.2) is 33.4 Å². The number of piperidine rings is 1. The van der Waals surface area contributed by atoms with Crippen molar-refractivity contribution >= 4 is 28.9 Å². The fourth-order valence-corrected chi connectivity index (χ4v) is 12.5. The van der Waals surface area contributed by atoms with Crippen LogP contribution in [0.25, 0.3) is 39.4 Å². The van der Waals surface area contributed by atoms with Crippen LogP contribution in [0.4, 0.5) is 22.4 Å². The fraction of sp³-hybridized carbons (Fsp3) is 0.436. The van der Waals surface area contributed by atoms with Crippen molar-refractivity contribution in [3.8, 4) is 40.0 Å². The summed E-state index contributed by atoms with van der Waals surface area (Å²) < 4.78 is 75.0. The number of phenolic OH excluding ortho intramolecular Hbond substituents is 2. The van der Waals surface area contributed by atoms with E-state index < -0.39 is 64.7 Å². The predicted molar refractivity (Wildman–Crippen MR) is 273 cm³/mol. The molecule has 6 aromatic rings. The average molecular weight is 1080 g/mol. The minimum absolute atomic E-state index is 0.0194. The number of fused-ring (bicyclic) bond motifs is 5. The summed E-state index contributed by atoms with van der Waals surface area (Å²) in [6.07, 6.45) is -3.12. The van der Waals surface area contributed by atoms with Crippen LogP contribution in [0.15, 0.2) is 52.1 Å². The maximum atomic E-state index is 17.0. The number of ether oxygens (including phenoxy) is 2. The Bertz CT molecular complexity index is 3600. The van der Waals surface area contributed by atoms with Crippen LogP contribution in [0.2, 0.25) is 0 Å². The summed E-state index contributed by atoms with van der Waals surface area (Å²) in [4.78, 5) is 75.5. The second kappa shape index (κ2) is 19.7. The van der Waals surface area contributed by atoms with Crippen LogP contribution in [0.3, 0.4) is 0 Å². The van der Waals surface area contributed by atoms with Gasteiger partial charge in [-0.15, -0.1) is 0 Å². The SMILES string of the molecule is CC[C@@]1(O)C(=O)OCc2c1cc1n(c2=O)Cc2c-1nc1cc(F)c(CC3CN(C(=O)OCC(N)=O)CCC3N3CCN(Cc4ccc(-n5c(-c6cc(C(C)C)c(O)cc6O)n[nH]c5=O)cc4C(F)(F)F)CC3)c3c1c2CCC3. The third kappa shape index (κ3) is 8.93. The van der Waals surface area contributed by atoms with Crippen molar-refractivity contribution in [1.29, 1.82) is 0 Å². The Morgan fingerprint density at radius 3 is 2.45 bits per heavy atom. The maximum absolute atomic E-state index is 17.0. The number of rotatable bonds is 11. The van der Waals surface area contributed by atoms with Crippen LogP contribution < -0.4 is 17.0 Å². The highest BCUT2D eigenvalue weighted by atomic mass is 19.4. The summed E-state index contributed by atoms with van der Waals surface area (Å²) in [5.41, 5.74) is 6.00. The first kappa shape index (κ1) is 52.4. The molecule has 2 unspecified atom stereocenters. The molecule has 11 rings (SSSR count). The second-order valence-corrected chi connectivity index (χ2v) is 21.3. The molecule has 0 bridgehead atoms. The lowest BCUT2D eigenvalue weighted by Crippen LogP contribution is -2.57. The van der Waals surface area contributed by atoms with Gasteiger partial charge in [-0.05, 0) is 102 Å².